The first kappa shape index (κ1) is 21.1. The molecule has 1 atom stereocenters. The Morgan fingerprint density at radius 2 is 1.94 bits per heavy atom. The maximum Gasteiger partial charge on any atom is 0.309 e. The van der Waals surface area contributed by atoms with E-state index < -0.39 is 6.10 Å². The summed E-state index contributed by atoms with van der Waals surface area (Å²) in [6.07, 6.45) is 0.355. The standard InChI is InChI=1S/C24H25N3O6/c1-15(22(28)25-13-16-6-7-20-21(12-16)31-14-30-20)32-23(29)17-8-10-27(11-9-17)24-26-18-4-2-3-5-19(18)33-24/h2-7,12,15,17H,8-11,13-14H2,1H3,(H,25,28)/t15-/m0/s1. The van der Waals surface area contributed by atoms with Gasteiger partial charge in [0.1, 0.15) is 5.52 Å². The third kappa shape index (κ3) is 4.57. The van der Waals surface area contributed by atoms with Crippen LogP contribution in [0.5, 0.6) is 11.5 Å². The van der Waals surface area contributed by atoms with Gasteiger partial charge in [0, 0.05) is 19.6 Å². The van der Waals surface area contributed by atoms with Crippen molar-refractivity contribution in [3.63, 3.8) is 0 Å². The second kappa shape index (κ2) is 9.01. The molecule has 1 N–H and O–H groups in total. The number of hydrogen-bond acceptors (Lipinski definition) is 8. The molecule has 1 fully saturated rings. The van der Waals surface area contributed by atoms with Gasteiger partial charge in [0.05, 0.1) is 5.92 Å². The fraction of sp³-hybridized carbons (Fsp3) is 0.375. The van der Waals surface area contributed by atoms with E-state index in [1.165, 1.54) is 0 Å². The number of carbonyl (C=O) groups excluding carboxylic acids is 2. The number of nitrogens with one attached hydrogen (secondary N) is 1. The molecule has 9 nitrogen and oxygen atoms in total. The highest BCUT2D eigenvalue weighted by molar-refractivity contribution is 5.84. The number of hydrogen-bond donors (Lipinski definition) is 1. The van der Waals surface area contributed by atoms with Gasteiger partial charge in [-0.05, 0) is 49.6 Å². The number of fused-ring (bicyclic) bond motifs is 2. The molecule has 0 radical (unpaired) electrons. The summed E-state index contributed by atoms with van der Waals surface area (Å²) < 4.78 is 21.9. The average Bonchev–Trinajstić information content (AvgIpc) is 3.49. The average molecular weight is 451 g/mol. The van der Waals surface area contributed by atoms with E-state index >= 15 is 0 Å². The molecule has 1 saturated heterocycles. The Morgan fingerprint density at radius 3 is 2.76 bits per heavy atom. The minimum absolute atomic E-state index is 0.200. The van der Waals surface area contributed by atoms with Crippen LogP contribution in [-0.2, 0) is 20.9 Å². The van der Waals surface area contributed by atoms with Crippen LogP contribution in [0.3, 0.4) is 0 Å². The molecule has 2 aliphatic rings. The Kier molecular flexibility index (Phi) is 5.77. The minimum Gasteiger partial charge on any atom is -0.454 e. The van der Waals surface area contributed by atoms with Gasteiger partial charge in [-0.15, -0.1) is 0 Å². The van der Waals surface area contributed by atoms with E-state index in [0.29, 0.717) is 50.0 Å². The monoisotopic (exact) mass is 451 g/mol. The molecule has 3 heterocycles. The van der Waals surface area contributed by atoms with E-state index in [2.05, 4.69) is 10.3 Å². The van der Waals surface area contributed by atoms with Crippen molar-refractivity contribution in [3.8, 4) is 11.5 Å². The Balaban J connectivity index is 1.09. The Bertz CT molecular complexity index is 1130. The van der Waals surface area contributed by atoms with Crippen molar-refractivity contribution >= 4 is 29.0 Å². The van der Waals surface area contributed by atoms with Crippen LogP contribution in [0.25, 0.3) is 11.1 Å². The molecule has 0 bridgehead atoms. The zero-order chi connectivity index (χ0) is 22.8. The van der Waals surface area contributed by atoms with Gasteiger partial charge < -0.3 is 28.8 Å². The number of carbonyl (C=O) groups is 2. The summed E-state index contributed by atoms with van der Waals surface area (Å²) >= 11 is 0. The molecule has 0 unspecified atom stereocenters. The number of aromatic nitrogens is 1. The SMILES string of the molecule is C[C@H](OC(=O)C1CCN(c2nc3ccccc3o2)CC1)C(=O)NCc1ccc2c(c1)OCO2. The quantitative estimate of drug-likeness (QED) is 0.571. The van der Waals surface area contributed by atoms with Crippen LogP contribution in [0.4, 0.5) is 6.01 Å². The molecule has 172 valence electrons. The van der Waals surface area contributed by atoms with Gasteiger partial charge in [-0.3, -0.25) is 9.59 Å². The lowest BCUT2D eigenvalue weighted by Gasteiger charge is -2.30. The van der Waals surface area contributed by atoms with Gasteiger partial charge in [0.2, 0.25) is 6.79 Å². The zero-order valence-corrected chi connectivity index (χ0v) is 18.3. The Labute approximate surface area is 190 Å². The largest absolute Gasteiger partial charge is 0.454 e. The summed E-state index contributed by atoms with van der Waals surface area (Å²) in [7, 11) is 0. The van der Waals surface area contributed by atoms with Crippen LogP contribution in [0.15, 0.2) is 46.9 Å². The maximum absolute atomic E-state index is 12.6. The van der Waals surface area contributed by atoms with Crippen molar-refractivity contribution in [2.45, 2.75) is 32.4 Å². The van der Waals surface area contributed by atoms with Crippen molar-refractivity contribution in [2.24, 2.45) is 5.92 Å². The predicted octanol–water partition coefficient (Wildman–Crippen LogP) is 3.02. The lowest BCUT2D eigenvalue weighted by Crippen LogP contribution is -2.40. The number of nitrogens with zero attached hydrogens (tertiary/aromatic N) is 2. The fourth-order valence-electron chi connectivity index (χ4n) is 4.01. The van der Waals surface area contributed by atoms with Gasteiger partial charge in [0.15, 0.2) is 23.2 Å². The van der Waals surface area contributed by atoms with Gasteiger partial charge >= 0.3 is 5.97 Å². The van der Waals surface area contributed by atoms with E-state index in [1.54, 1.807) is 13.0 Å². The lowest BCUT2D eigenvalue weighted by molar-refractivity contribution is -0.159. The highest BCUT2D eigenvalue weighted by atomic mass is 16.7. The van der Waals surface area contributed by atoms with Crippen LogP contribution in [0.2, 0.25) is 0 Å². The normalized spacial score (nSPS) is 16.6. The summed E-state index contributed by atoms with van der Waals surface area (Å²) in [5, 5.41) is 2.80. The molecular weight excluding hydrogens is 426 g/mol. The number of para-hydroxylation sites is 2. The zero-order valence-electron chi connectivity index (χ0n) is 18.3. The van der Waals surface area contributed by atoms with Gasteiger partial charge in [-0.2, -0.15) is 4.98 Å². The maximum atomic E-state index is 12.6. The number of ether oxygens (including phenoxy) is 3. The van der Waals surface area contributed by atoms with Crippen LogP contribution in [0.1, 0.15) is 25.3 Å². The molecule has 1 aromatic heterocycles. The molecule has 2 aromatic carbocycles. The third-order valence-corrected chi connectivity index (χ3v) is 5.95. The van der Waals surface area contributed by atoms with Crippen molar-refractivity contribution in [1.29, 1.82) is 0 Å². The molecule has 0 saturated carbocycles. The molecule has 3 aromatic rings. The second-order valence-corrected chi connectivity index (χ2v) is 8.21. The summed E-state index contributed by atoms with van der Waals surface area (Å²) in [6.45, 7) is 3.36. The van der Waals surface area contributed by atoms with Gasteiger partial charge in [-0.1, -0.05) is 18.2 Å². The van der Waals surface area contributed by atoms with Crippen LogP contribution >= 0.6 is 0 Å². The first-order valence-corrected chi connectivity index (χ1v) is 11.0. The van der Waals surface area contributed by atoms with E-state index in [1.807, 2.05) is 41.3 Å². The van der Waals surface area contributed by atoms with E-state index in [9.17, 15) is 9.59 Å². The van der Waals surface area contributed by atoms with Crippen LogP contribution in [0, 0.1) is 5.92 Å². The highest BCUT2D eigenvalue weighted by Gasteiger charge is 2.30. The molecule has 0 aliphatic carbocycles. The van der Waals surface area contributed by atoms with Crippen LogP contribution < -0.4 is 19.7 Å². The number of benzene rings is 2. The second-order valence-electron chi connectivity index (χ2n) is 8.21. The Hall–Kier alpha value is -3.75. The van der Waals surface area contributed by atoms with E-state index in [0.717, 1.165) is 16.7 Å². The number of amides is 1. The van der Waals surface area contributed by atoms with Crippen molar-refractivity contribution in [2.75, 3.05) is 24.8 Å². The molecular formula is C24H25N3O6. The number of piperidine rings is 1. The summed E-state index contributed by atoms with van der Waals surface area (Å²) in [5.41, 5.74) is 2.43. The topological polar surface area (TPSA) is 103 Å². The van der Waals surface area contributed by atoms with Gasteiger partial charge in [-0.25, -0.2) is 0 Å². The van der Waals surface area contributed by atoms with E-state index in [4.69, 9.17) is 18.6 Å². The third-order valence-electron chi connectivity index (χ3n) is 5.95. The number of oxazole rings is 1. The van der Waals surface area contributed by atoms with Crippen molar-refractivity contribution in [3.05, 3.63) is 48.0 Å². The van der Waals surface area contributed by atoms with Crippen molar-refractivity contribution in [1.82, 2.24) is 10.3 Å². The smallest absolute Gasteiger partial charge is 0.309 e. The molecule has 1 amide bonds. The molecule has 9 heteroatoms. The highest BCUT2D eigenvalue weighted by Crippen LogP contribution is 2.32. The summed E-state index contributed by atoms with van der Waals surface area (Å²) in [6, 6.07) is 13.7. The van der Waals surface area contributed by atoms with E-state index in [-0.39, 0.29) is 24.6 Å². The predicted molar refractivity (Wildman–Crippen MR) is 119 cm³/mol. The minimum atomic E-state index is -0.874. The Morgan fingerprint density at radius 1 is 1.15 bits per heavy atom. The molecule has 5 rings (SSSR count). The first-order valence-electron chi connectivity index (χ1n) is 11.0. The first-order chi connectivity index (χ1) is 16.1. The molecule has 0 spiro atoms. The number of rotatable bonds is 6. The summed E-state index contributed by atoms with van der Waals surface area (Å²) in [4.78, 5) is 31.6. The number of anilines is 1. The molecule has 33 heavy (non-hydrogen) atoms. The van der Waals surface area contributed by atoms with Gasteiger partial charge in [0.25, 0.3) is 11.9 Å². The molecule has 2 aliphatic heterocycles. The number of esters is 1. The van der Waals surface area contributed by atoms with Crippen molar-refractivity contribution < 1.29 is 28.2 Å². The lowest BCUT2D eigenvalue weighted by atomic mass is 9.97. The summed E-state index contributed by atoms with van der Waals surface area (Å²) in [5.74, 6) is 0.401. The van der Waals surface area contributed by atoms with Crippen LogP contribution in [-0.4, -0.2) is 42.8 Å². The fourth-order valence-corrected chi connectivity index (χ4v) is 4.01.